The molecule has 0 radical (unpaired) electrons. The highest BCUT2D eigenvalue weighted by Crippen LogP contribution is 2.39. The molecule has 0 unspecified atom stereocenters. The Morgan fingerprint density at radius 2 is 1.76 bits per heavy atom. The lowest BCUT2D eigenvalue weighted by Crippen LogP contribution is -2.10. The van der Waals surface area contributed by atoms with Crippen LogP contribution in [0, 0.1) is 11.6 Å². The van der Waals surface area contributed by atoms with E-state index >= 15 is 0 Å². The Balaban J connectivity index is 1.94. The number of anilines is 1. The molecule has 3 aromatic carbocycles. The fourth-order valence-corrected chi connectivity index (χ4v) is 3.63. The molecular formula is C21H13F2N5O. The molecule has 0 atom stereocenters. The van der Waals surface area contributed by atoms with Gasteiger partial charge in [0, 0.05) is 22.6 Å². The number of hydrogen-bond acceptors (Lipinski definition) is 4. The Bertz CT molecular complexity index is 1450. The van der Waals surface area contributed by atoms with E-state index in [2.05, 4.69) is 20.2 Å². The number of benzene rings is 3. The number of aromatic amines is 2. The second kappa shape index (κ2) is 6.23. The molecular weight excluding hydrogens is 376 g/mol. The number of H-pyrrole nitrogens is 2. The summed E-state index contributed by atoms with van der Waals surface area (Å²) in [6.45, 7) is 0. The number of halogens is 2. The van der Waals surface area contributed by atoms with E-state index in [4.69, 9.17) is 5.73 Å². The van der Waals surface area contributed by atoms with Crippen molar-refractivity contribution in [2.24, 2.45) is 0 Å². The van der Waals surface area contributed by atoms with E-state index in [1.165, 1.54) is 18.5 Å². The normalized spacial score (nSPS) is 11.4. The zero-order chi connectivity index (χ0) is 20.1. The Morgan fingerprint density at radius 1 is 0.966 bits per heavy atom. The van der Waals surface area contributed by atoms with Crippen LogP contribution in [0.1, 0.15) is 0 Å². The summed E-state index contributed by atoms with van der Waals surface area (Å²) in [6, 6.07) is 10.4. The van der Waals surface area contributed by atoms with Crippen LogP contribution in [0.25, 0.3) is 44.1 Å². The summed E-state index contributed by atoms with van der Waals surface area (Å²) in [5.74, 6) is -1.46. The highest BCUT2D eigenvalue weighted by Gasteiger charge is 2.19. The molecule has 0 spiro atoms. The summed E-state index contributed by atoms with van der Waals surface area (Å²) in [5.41, 5.74) is 9.15. The molecule has 5 aromatic rings. The topological polar surface area (TPSA) is 100 Å². The minimum absolute atomic E-state index is 0.158. The zero-order valence-electron chi connectivity index (χ0n) is 14.8. The van der Waals surface area contributed by atoms with Gasteiger partial charge in [-0.05, 0) is 35.4 Å². The molecule has 4 N–H and O–H groups in total. The Morgan fingerprint density at radius 3 is 2.55 bits per heavy atom. The minimum atomic E-state index is -0.728. The molecule has 0 amide bonds. The minimum Gasteiger partial charge on any atom is -0.398 e. The zero-order valence-corrected chi connectivity index (χ0v) is 14.8. The number of rotatable bonds is 2. The Hall–Kier alpha value is -4.07. The van der Waals surface area contributed by atoms with Crippen molar-refractivity contribution in [3.05, 3.63) is 77.0 Å². The fraction of sp³-hybridized carbons (Fsp3) is 0. The molecule has 8 heteroatoms. The lowest BCUT2D eigenvalue weighted by Gasteiger charge is -2.14. The van der Waals surface area contributed by atoms with Crippen molar-refractivity contribution in [3.63, 3.8) is 0 Å². The number of nitrogen functional groups attached to an aromatic ring is 1. The van der Waals surface area contributed by atoms with Crippen LogP contribution in [0.5, 0.6) is 0 Å². The second-order valence-corrected chi connectivity index (χ2v) is 6.64. The first-order valence-corrected chi connectivity index (χ1v) is 8.72. The first kappa shape index (κ1) is 17.1. The average molecular weight is 389 g/mol. The van der Waals surface area contributed by atoms with E-state index in [0.717, 1.165) is 22.5 Å². The first-order chi connectivity index (χ1) is 14.0. The maximum atomic E-state index is 13.9. The van der Waals surface area contributed by atoms with E-state index in [1.54, 1.807) is 12.3 Å². The third-order valence-corrected chi connectivity index (χ3v) is 4.90. The molecule has 0 saturated carbocycles. The van der Waals surface area contributed by atoms with Gasteiger partial charge in [-0.3, -0.25) is 9.89 Å². The van der Waals surface area contributed by atoms with Crippen molar-refractivity contribution < 1.29 is 8.78 Å². The van der Waals surface area contributed by atoms with Crippen molar-refractivity contribution in [3.8, 4) is 22.3 Å². The van der Waals surface area contributed by atoms with Gasteiger partial charge < -0.3 is 10.7 Å². The van der Waals surface area contributed by atoms with Crippen molar-refractivity contribution in [2.45, 2.75) is 0 Å². The van der Waals surface area contributed by atoms with Gasteiger partial charge in [0.1, 0.15) is 11.6 Å². The summed E-state index contributed by atoms with van der Waals surface area (Å²) in [6.07, 6.45) is 2.89. The standard InChI is InChI=1S/C21H13F2N5O/c22-11-4-10(5-12(23)6-11)14-7-15(13-2-1-3-17-16(13)8-27-28-17)19(24)18-20(14)25-9-26-21(18)29/h1-9H,24H2,(H,27,28)(H,25,26,29). The van der Waals surface area contributed by atoms with Crippen molar-refractivity contribution >= 4 is 27.5 Å². The molecule has 0 aliphatic carbocycles. The smallest absolute Gasteiger partial charge is 0.260 e. The fourth-order valence-electron chi connectivity index (χ4n) is 3.63. The van der Waals surface area contributed by atoms with Crippen molar-refractivity contribution in [1.29, 1.82) is 0 Å². The summed E-state index contributed by atoms with van der Waals surface area (Å²) in [7, 11) is 0. The van der Waals surface area contributed by atoms with Gasteiger partial charge in [0.25, 0.3) is 5.56 Å². The summed E-state index contributed by atoms with van der Waals surface area (Å²) < 4.78 is 27.8. The van der Waals surface area contributed by atoms with Gasteiger partial charge in [-0.1, -0.05) is 12.1 Å². The Labute approximate surface area is 162 Å². The van der Waals surface area contributed by atoms with Gasteiger partial charge in [-0.15, -0.1) is 0 Å². The molecule has 0 aliphatic heterocycles. The van der Waals surface area contributed by atoms with Gasteiger partial charge >= 0.3 is 0 Å². The molecule has 0 bridgehead atoms. The van der Waals surface area contributed by atoms with Crippen LogP contribution in [0.3, 0.4) is 0 Å². The van der Waals surface area contributed by atoms with Crippen LogP contribution in [-0.4, -0.2) is 20.2 Å². The van der Waals surface area contributed by atoms with Crippen LogP contribution in [-0.2, 0) is 0 Å². The number of fused-ring (bicyclic) bond motifs is 2. The van der Waals surface area contributed by atoms with Crippen LogP contribution in [0.15, 0.2) is 59.8 Å². The molecule has 142 valence electrons. The predicted molar refractivity (Wildman–Crippen MR) is 107 cm³/mol. The van der Waals surface area contributed by atoms with Crippen LogP contribution in [0.2, 0.25) is 0 Å². The van der Waals surface area contributed by atoms with Crippen molar-refractivity contribution in [2.75, 3.05) is 5.73 Å². The van der Waals surface area contributed by atoms with E-state index in [9.17, 15) is 13.6 Å². The lowest BCUT2D eigenvalue weighted by molar-refractivity contribution is 0.584. The monoisotopic (exact) mass is 389 g/mol. The maximum Gasteiger partial charge on any atom is 0.260 e. The number of nitrogens with zero attached hydrogens (tertiary/aromatic N) is 2. The lowest BCUT2D eigenvalue weighted by atomic mass is 9.92. The van der Waals surface area contributed by atoms with Crippen LogP contribution >= 0.6 is 0 Å². The van der Waals surface area contributed by atoms with E-state index in [0.29, 0.717) is 11.1 Å². The number of nitrogens with two attached hydrogens (primary N) is 1. The number of nitrogens with one attached hydrogen (secondary N) is 2. The van der Waals surface area contributed by atoms with Crippen LogP contribution < -0.4 is 11.3 Å². The summed E-state index contributed by atoms with van der Waals surface area (Å²) in [4.78, 5) is 19.3. The number of aromatic nitrogens is 4. The summed E-state index contributed by atoms with van der Waals surface area (Å²) in [5, 5.41) is 7.90. The Kier molecular flexibility index (Phi) is 3.67. The van der Waals surface area contributed by atoms with Gasteiger partial charge in [0.05, 0.1) is 34.6 Å². The third-order valence-electron chi connectivity index (χ3n) is 4.90. The molecule has 5 rings (SSSR count). The molecule has 0 fully saturated rings. The van der Waals surface area contributed by atoms with Crippen LogP contribution in [0.4, 0.5) is 14.5 Å². The van der Waals surface area contributed by atoms with E-state index in [-0.39, 0.29) is 22.2 Å². The molecule has 0 saturated heterocycles. The van der Waals surface area contributed by atoms with E-state index < -0.39 is 17.2 Å². The molecule has 0 aliphatic rings. The predicted octanol–water partition coefficient (Wildman–Crippen LogP) is 3.99. The highest BCUT2D eigenvalue weighted by molar-refractivity contribution is 6.09. The van der Waals surface area contributed by atoms with Gasteiger partial charge in [-0.25, -0.2) is 13.8 Å². The molecule has 6 nitrogen and oxygen atoms in total. The molecule has 2 aromatic heterocycles. The molecule has 29 heavy (non-hydrogen) atoms. The first-order valence-electron chi connectivity index (χ1n) is 8.72. The van der Waals surface area contributed by atoms with Gasteiger partial charge in [0.2, 0.25) is 0 Å². The molecule has 2 heterocycles. The quantitative estimate of drug-likeness (QED) is 0.397. The van der Waals surface area contributed by atoms with Gasteiger partial charge in [-0.2, -0.15) is 5.10 Å². The number of hydrogen-bond donors (Lipinski definition) is 3. The van der Waals surface area contributed by atoms with Crippen molar-refractivity contribution in [1.82, 2.24) is 20.2 Å². The SMILES string of the molecule is Nc1c(-c2cccc3[nH]ncc23)cc(-c2cc(F)cc(F)c2)c2nc[nH]c(=O)c12. The largest absolute Gasteiger partial charge is 0.398 e. The van der Waals surface area contributed by atoms with E-state index in [1.807, 2.05) is 18.2 Å². The highest BCUT2D eigenvalue weighted by atomic mass is 19.1. The maximum absolute atomic E-state index is 13.9. The second-order valence-electron chi connectivity index (χ2n) is 6.64. The third kappa shape index (κ3) is 2.65. The van der Waals surface area contributed by atoms with Gasteiger partial charge in [0.15, 0.2) is 0 Å². The summed E-state index contributed by atoms with van der Waals surface area (Å²) >= 11 is 0. The average Bonchev–Trinajstić information content (AvgIpc) is 3.16.